The molecule has 1 spiro atoms. The van der Waals surface area contributed by atoms with Crippen molar-refractivity contribution in [3.05, 3.63) is 23.8 Å². The number of carbonyl (C=O) groups excluding carboxylic acids is 1. The van der Waals surface area contributed by atoms with E-state index in [1.807, 2.05) is 30.0 Å². The molecule has 1 aromatic heterocycles. The first-order chi connectivity index (χ1) is 10.1. The summed E-state index contributed by atoms with van der Waals surface area (Å²) >= 11 is 0. The molecule has 21 heavy (non-hydrogen) atoms. The molecule has 1 aromatic carbocycles. The van der Waals surface area contributed by atoms with Gasteiger partial charge in [-0.1, -0.05) is 12.1 Å². The lowest BCUT2D eigenvalue weighted by atomic mass is 9.72. The van der Waals surface area contributed by atoms with Gasteiger partial charge in [-0.25, -0.2) is 0 Å². The zero-order valence-electron chi connectivity index (χ0n) is 11.8. The van der Waals surface area contributed by atoms with Crippen LogP contribution in [0.4, 0.5) is 6.01 Å². The molecule has 2 N–H and O–H groups in total. The molecule has 110 valence electrons. The zero-order chi connectivity index (χ0) is 14.6. The summed E-state index contributed by atoms with van der Waals surface area (Å²) in [4.78, 5) is 18.5. The summed E-state index contributed by atoms with van der Waals surface area (Å²) in [6, 6.07) is 6.41. The third-order valence-corrected chi connectivity index (χ3v) is 4.46. The molecule has 0 bridgehead atoms. The van der Waals surface area contributed by atoms with Gasteiger partial charge in [0.05, 0.1) is 11.5 Å². The lowest BCUT2D eigenvalue weighted by Gasteiger charge is -2.50. The lowest BCUT2D eigenvalue weighted by Crippen LogP contribution is -2.67. The predicted octanol–water partition coefficient (Wildman–Crippen LogP) is 0.823. The number of hydrogen-bond acceptors (Lipinski definition) is 5. The van der Waals surface area contributed by atoms with Gasteiger partial charge in [0.2, 0.25) is 5.91 Å². The van der Waals surface area contributed by atoms with Gasteiger partial charge >= 0.3 is 0 Å². The van der Waals surface area contributed by atoms with Crippen molar-refractivity contribution in [3.63, 3.8) is 0 Å². The van der Waals surface area contributed by atoms with Gasteiger partial charge in [-0.3, -0.25) is 4.79 Å². The summed E-state index contributed by atoms with van der Waals surface area (Å²) in [6.45, 7) is 3.42. The minimum atomic E-state index is -0.493. The van der Waals surface area contributed by atoms with Crippen LogP contribution in [0.25, 0.3) is 11.1 Å². The molecule has 6 heteroatoms. The fourth-order valence-corrected chi connectivity index (χ4v) is 3.32. The van der Waals surface area contributed by atoms with Gasteiger partial charge in [0.15, 0.2) is 5.58 Å². The number of aliphatic hydroxyl groups is 1. The fraction of sp³-hybridized carbons (Fsp3) is 0.467. The van der Waals surface area contributed by atoms with Crippen LogP contribution in [0.15, 0.2) is 22.6 Å². The van der Waals surface area contributed by atoms with E-state index < -0.39 is 11.5 Å². The number of oxazole rings is 1. The van der Waals surface area contributed by atoms with Crippen molar-refractivity contribution in [1.82, 2.24) is 10.3 Å². The van der Waals surface area contributed by atoms with Gasteiger partial charge in [0, 0.05) is 19.6 Å². The van der Waals surface area contributed by atoms with Gasteiger partial charge in [-0.2, -0.15) is 4.98 Å². The Morgan fingerprint density at radius 1 is 1.48 bits per heavy atom. The molecule has 2 aliphatic heterocycles. The van der Waals surface area contributed by atoms with E-state index in [0.717, 1.165) is 16.7 Å². The van der Waals surface area contributed by atoms with Crippen LogP contribution in [0, 0.1) is 12.3 Å². The van der Waals surface area contributed by atoms with E-state index >= 15 is 0 Å². The first kappa shape index (κ1) is 12.6. The van der Waals surface area contributed by atoms with E-state index in [1.54, 1.807) is 0 Å². The Hall–Kier alpha value is -2.08. The molecular formula is C15H17N3O3. The second-order valence-corrected chi connectivity index (χ2v) is 6.12. The minimum absolute atomic E-state index is 0.0244. The number of amides is 1. The summed E-state index contributed by atoms with van der Waals surface area (Å²) in [5.41, 5.74) is 2.18. The van der Waals surface area contributed by atoms with Crippen LogP contribution in [0.3, 0.4) is 0 Å². The molecule has 2 fully saturated rings. The lowest BCUT2D eigenvalue weighted by molar-refractivity contribution is -0.139. The van der Waals surface area contributed by atoms with Crippen molar-refractivity contribution in [2.24, 2.45) is 5.41 Å². The Bertz CT molecular complexity index is 718. The van der Waals surface area contributed by atoms with E-state index in [1.165, 1.54) is 0 Å². The van der Waals surface area contributed by atoms with Crippen molar-refractivity contribution in [3.8, 4) is 0 Å². The Morgan fingerprint density at radius 2 is 2.29 bits per heavy atom. The number of hydrogen-bond donors (Lipinski definition) is 2. The van der Waals surface area contributed by atoms with Crippen LogP contribution in [-0.4, -0.2) is 41.7 Å². The molecule has 1 atom stereocenters. The maximum absolute atomic E-state index is 12.0. The highest BCUT2D eigenvalue weighted by molar-refractivity contribution is 5.87. The number of fused-ring (bicyclic) bond motifs is 1. The molecule has 2 aliphatic rings. The van der Waals surface area contributed by atoms with E-state index in [0.29, 0.717) is 32.1 Å². The Balaban J connectivity index is 1.59. The highest BCUT2D eigenvalue weighted by Crippen LogP contribution is 2.40. The number of piperidine rings is 1. The first-order valence-electron chi connectivity index (χ1n) is 7.15. The molecule has 2 aromatic rings. The number of carbonyl (C=O) groups is 1. The van der Waals surface area contributed by atoms with Crippen LogP contribution < -0.4 is 10.2 Å². The topological polar surface area (TPSA) is 78.6 Å². The summed E-state index contributed by atoms with van der Waals surface area (Å²) in [6.07, 6.45) is 0.0462. The summed E-state index contributed by atoms with van der Waals surface area (Å²) in [7, 11) is 0. The van der Waals surface area contributed by atoms with Crippen LogP contribution in [0.1, 0.15) is 12.0 Å². The second kappa shape index (κ2) is 4.21. The number of anilines is 1. The van der Waals surface area contributed by atoms with Crippen molar-refractivity contribution in [2.75, 3.05) is 24.5 Å². The Kier molecular flexibility index (Phi) is 2.53. The SMILES string of the molecule is Cc1cccc2nc(N3CC4(CC(O)CNC4=O)C3)oc12. The zero-order valence-corrected chi connectivity index (χ0v) is 11.8. The van der Waals surface area contributed by atoms with Gasteiger partial charge < -0.3 is 19.7 Å². The molecule has 0 aliphatic carbocycles. The molecule has 0 saturated carbocycles. The number of nitrogens with one attached hydrogen (secondary N) is 1. The molecule has 6 nitrogen and oxygen atoms in total. The van der Waals surface area contributed by atoms with Crippen molar-refractivity contribution in [2.45, 2.75) is 19.4 Å². The molecule has 3 heterocycles. The van der Waals surface area contributed by atoms with Gasteiger partial charge in [0.1, 0.15) is 5.52 Å². The predicted molar refractivity (Wildman–Crippen MR) is 77.0 cm³/mol. The van der Waals surface area contributed by atoms with Crippen LogP contribution in [0.5, 0.6) is 0 Å². The Morgan fingerprint density at radius 3 is 3.05 bits per heavy atom. The fourth-order valence-electron chi connectivity index (χ4n) is 3.32. The number of rotatable bonds is 1. The standard InChI is InChI=1S/C15H17N3O3/c1-9-3-2-4-11-12(9)21-14(17-11)18-7-15(8-18)5-10(19)6-16-13(15)20/h2-4,10,19H,5-8H2,1H3,(H,16,20). The summed E-state index contributed by atoms with van der Waals surface area (Å²) in [5.74, 6) is 0.0244. The summed E-state index contributed by atoms with van der Waals surface area (Å²) in [5, 5.41) is 12.5. The average molecular weight is 287 g/mol. The third kappa shape index (κ3) is 1.82. The van der Waals surface area contributed by atoms with Crippen molar-refractivity contribution in [1.29, 1.82) is 0 Å². The monoisotopic (exact) mass is 287 g/mol. The smallest absolute Gasteiger partial charge is 0.298 e. The van der Waals surface area contributed by atoms with Gasteiger partial charge in [0.25, 0.3) is 6.01 Å². The maximum Gasteiger partial charge on any atom is 0.298 e. The molecule has 0 radical (unpaired) electrons. The number of aromatic nitrogens is 1. The largest absolute Gasteiger partial charge is 0.423 e. The van der Waals surface area contributed by atoms with E-state index in [4.69, 9.17) is 4.42 Å². The minimum Gasteiger partial charge on any atom is -0.423 e. The number of aryl methyl sites for hydroxylation is 1. The normalized spacial score (nSPS) is 24.2. The quantitative estimate of drug-likeness (QED) is 0.812. The van der Waals surface area contributed by atoms with Crippen LogP contribution >= 0.6 is 0 Å². The third-order valence-electron chi connectivity index (χ3n) is 4.46. The highest BCUT2D eigenvalue weighted by atomic mass is 16.4. The highest BCUT2D eigenvalue weighted by Gasteiger charge is 2.53. The van der Waals surface area contributed by atoms with Gasteiger partial charge in [-0.15, -0.1) is 0 Å². The number of nitrogens with zero attached hydrogens (tertiary/aromatic N) is 2. The van der Waals surface area contributed by atoms with Crippen molar-refractivity contribution >= 4 is 23.0 Å². The number of benzene rings is 1. The number of para-hydroxylation sites is 1. The van der Waals surface area contributed by atoms with E-state index in [9.17, 15) is 9.90 Å². The molecule has 1 unspecified atom stereocenters. The molecular weight excluding hydrogens is 270 g/mol. The molecule has 4 rings (SSSR count). The van der Waals surface area contributed by atoms with Crippen LogP contribution in [0.2, 0.25) is 0 Å². The first-order valence-corrected chi connectivity index (χ1v) is 7.15. The average Bonchev–Trinajstić information content (AvgIpc) is 2.84. The number of aliphatic hydroxyl groups excluding tert-OH is 1. The number of β-amino-alcohol motifs (C(OH)–C–C–N with tert-alkyl or cyclic N) is 1. The van der Waals surface area contributed by atoms with E-state index in [2.05, 4.69) is 10.3 Å². The maximum atomic E-state index is 12.0. The Labute approximate surface area is 121 Å². The van der Waals surface area contributed by atoms with Crippen molar-refractivity contribution < 1.29 is 14.3 Å². The van der Waals surface area contributed by atoms with Crippen LogP contribution in [-0.2, 0) is 4.79 Å². The van der Waals surface area contributed by atoms with E-state index in [-0.39, 0.29) is 5.91 Å². The molecule has 1 amide bonds. The second-order valence-electron chi connectivity index (χ2n) is 6.12. The summed E-state index contributed by atoms with van der Waals surface area (Å²) < 4.78 is 5.82. The molecule has 2 saturated heterocycles. The van der Waals surface area contributed by atoms with Gasteiger partial charge in [-0.05, 0) is 25.0 Å².